The Kier molecular flexibility index (Phi) is 7.62. The molecule has 0 aliphatic carbocycles. The van der Waals surface area contributed by atoms with Gasteiger partial charge in [-0.15, -0.1) is 0 Å². The molecule has 2 aromatic rings. The van der Waals surface area contributed by atoms with Crippen molar-refractivity contribution in [1.29, 1.82) is 0 Å². The van der Waals surface area contributed by atoms with E-state index in [9.17, 15) is 18.0 Å². The van der Waals surface area contributed by atoms with Gasteiger partial charge in [-0.05, 0) is 37.1 Å². The topological polar surface area (TPSA) is 72.5 Å². The van der Waals surface area contributed by atoms with Crippen molar-refractivity contribution in [2.75, 3.05) is 11.9 Å². The summed E-state index contributed by atoms with van der Waals surface area (Å²) in [7, 11) is 0. The minimum atomic E-state index is -4.34. The molecule has 0 unspecified atom stereocenters. The van der Waals surface area contributed by atoms with Gasteiger partial charge in [0.15, 0.2) is 0 Å². The van der Waals surface area contributed by atoms with Crippen LogP contribution >= 0.6 is 0 Å². The van der Waals surface area contributed by atoms with E-state index in [1.165, 1.54) is 0 Å². The van der Waals surface area contributed by atoms with Gasteiger partial charge in [0.25, 0.3) is 0 Å². The van der Waals surface area contributed by atoms with Gasteiger partial charge in [-0.1, -0.05) is 24.3 Å². The maximum Gasteiger partial charge on any atom is 0.411 e. The minimum absolute atomic E-state index is 0.0860. The highest BCUT2D eigenvalue weighted by Crippen LogP contribution is 2.21. The van der Waals surface area contributed by atoms with Gasteiger partial charge in [0.2, 0.25) is 5.88 Å². The van der Waals surface area contributed by atoms with Crippen LogP contribution < -0.4 is 15.4 Å². The summed E-state index contributed by atoms with van der Waals surface area (Å²) < 4.78 is 46.3. The summed E-state index contributed by atoms with van der Waals surface area (Å²) in [6.07, 6.45) is -2.86. The van der Waals surface area contributed by atoms with Gasteiger partial charge in [-0.3, -0.25) is 0 Å². The molecule has 2 N–H and O–H groups in total. The van der Waals surface area contributed by atoms with Crippen molar-refractivity contribution in [3.8, 4) is 5.88 Å². The van der Waals surface area contributed by atoms with Crippen molar-refractivity contribution >= 4 is 11.7 Å². The zero-order chi connectivity index (χ0) is 20.6. The summed E-state index contributed by atoms with van der Waals surface area (Å²) in [6, 6.07) is 9.66. The van der Waals surface area contributed by atoms with Crippen molar-refractivity contribution in [2.45, 2.75) is 39.3 Å². The van der Waals surface area contributed by atoms with Gasteiger partial charge in [0, 0.05) is 12.7 Å². The van der Waals surface area contributed by atoms with Crippen LogP contribution in [0.25, 0.3) is 0 Å². The number of nitrogens with one attached hydrogen (secondary N) is 2. The Labute approximate surface area is 161 Å². The first-order valence-corrected chi connectivity index (χ1v) is 8.62. The molecular weight excluding hydrogens is 375 g/mol. The Hall–Kier alpha value is -2.81. The highest BCUT2D eigenvalue weighted by Gasteiger charge is 2.27. The number of aromatic nitrogens is 1. The lowest BCUT2D eigenvalue weighted by Crippen LogP contribution is -2.28. The number of urea groups is 1. The lowest BCUT2D eigenvalue weighted by molar-refractivity contribution is -0.176. The van der Waals surface area contributed by atoms with Crippen LogP contribution in [0.4, 0.5) is 23.7 Å². The lowest BCUT2D eigenvalue weighted by Gasteiger charge is -2.14. The molecular formula is C19H22F3N3O3. The monoisotopic (exact) mass is 397 g/mol. The number of ether oxygens (including phenoxy) is 2. The maximum atomic E-state index is 12.1. The van der Waals surface area contributed by atoms with Gasteiger partial charge in [-0.25, -0.2) is 9.78 Å². The second-order valence-electron chi connectivity index (χ2n) is 6.25. The first-order chi connectivity index (χ1) is 13.2. The zero-order valence-corrected chi connectivity index (χ0v) is 15.5. The molecule has 0 atom stereocenters. The molecule has 0 bridgehead atoms. The number of carbonyl (C=O) groups excluding carboxylic acids is 1. The Balaban J connectivity index is 1.81. The number of hydrogen-bond acceptors (Lipinski definition) is 4. The summed E-state index contributed by atoms with van der Waals surface area (Å²) in [6.45, 7) is 2.55. The number of amides is 2. The Bertz CT molecular complexity index is 765. The Morgan fingerprint density at radius 1 is 1.14 bits per heavy atom. The summed E-state index contributed by atoms with van der Waals surface area (Å²) in [5.74, 6) is 0.329. The van der Waals surface area contributed by atoms with Crippen molar-refractivity contribution in [2.24, 2.45) is 0 Å². The molecule has 0 saturated heterocycles. The molecule has 1 aromatic heterocycles. The van der Waals surface area contributed by atoms with Crippen LogP contribution in [0.2, 0.25) is 0 Å². The number of anilines is 1. The fourth-order valence-electron chi connectivity index (χ4n) is 2.19. The molecule has 6 nitrogen and oxygen atoms in total. The summed E-state index contributed by atoms with van der Waals surface area (Å²) in [5.41, 5.74) is 1.86. The van der Waals surface area contributed by atoms with E-state index in [2.05, 4.69) is 20.4 Å². The van der Waals surface area contributed by atoms with Crippen molar-refractivity contribution in [1.82, 2.24) is 10.3 Å². The molecule has 152 valence electrons. The van der Waals surface area contributed by atoms with Crippen molar-refractivity contribution < 1.29 is 27.4 Å². The predicted octanol–water partition coefficient (Wildman–Crippen LogP) is 4.27. The summed E-state index contributed by atoms with van der Waals surface area (Å²) in [5, 5.41) is 5.37. The molecule has 1 heterocycles. The first kappa shape index (κ1) is 21.5. The van der Waals surface area contributed by atoms with Crippen LogP contribution in [0.1, 0.15) is 25.0 Å². The molecule has 0 radical (unpaired) electrons. The summed E-state index contributed by atoms with van der Waals surface area (Å²) >= 11 is 0. The molecule has 0 aliphatic heterocycles. The molecule has 9 heteroatoms. The lowest BCUT2D eigenvalue weighted by atomic mass is 10.1. The summed E-state index contributed by atoms with van der Waals surface area (Å²) in [4.78, 5) is 16.2. The number of rotatable bonds is 8. The normalized spacial score (nSPS) is 11.4. The smallest absolute Gasteiger partial charge is 0.411 e. The minimum Gasteiger partial charge on any atom is -0.473 e. The van der Waals surface area contributed by atoms with Crippen LogP contribution in [-0.2, 0) is 17.9 Å². The van der Waals surface area contributed by atoms with E-state index in [1.54, 1.807) is 42.6 Å². The van der Waals surface area contributed by atoms with Crippen molar-refractivity contribution in [3.05, 3.63) is 53.7 Å². The number of benzene rings is 1. The largest absolute Gasteiger partial charge is 0.473 e. The van der Waals surface area contributed by atoms with Crippen LogP contribution in [-0.4, -0.2) is 29.9 Å². The molecule has 0 aliphatic rings. The average Bonchev–Trinajstić information content (AvgIpc) is 2.61. The highest BCUT2D eigenvalue weighted by atomic mass is 19.4. The van der Waals surface area contributed by atoms with Gasteiger partial charge in [0.05, 0.1) is 12.7 Å². The number of hydrogen-bond donors (Lipinski definition) is 2. The quantitative estimate of drug-likeness (QED) is 0.698. The number of nitrogens with zero attached hydrogens (tertiary/aromatic N) is 1. The molecule has 2 rings (SSSR count). The van der Waals surface area contributed by atoms with E-state index in [4.69, 9.17) is 4.74 Å². The third kappa shape index (κ3) is 7.83. The number of carbonyl (C=O) groups is 1. The van der Waals surface area contributed by atoms with E-state index in [0.717, 1.165) is 5.56 Å². The fourth-order valence-corrected chi connectivity index (χ4v) is 2.19. The second kappa shape index (κ2) is 9.93. The maximum absolute atomic E-state index is 12.1. The van der Waals surface area contributed by atoms with E-state index < -0.39 is 18.8 Å². The van der Waals surface area contributed by atoms with Crippen molar-refractivity contribution in [3.63, 3.8) is 0 Å². The molecule has 0 spiro atoms. The SMILES string of the molecule is CC(C)Oc1ncccc1NC(=O)NCc1ccc(COCC(F)(F)F)cc1. The van der Waals surface area contributed by atoms with Crippen LogP contribution in [0.5, 0.6) is 5.88 Å². The van der Waals surface area contributed by atoms with Crippen LogP contribution in [0, 0.1) is 0 Å². The molecule has 0 fully saturated rings. The highest BCUT2D eigenvalue weighted by molar-refractivity contribution is 5.90. The number of pyridine rings is 1. The Morgan fingerprint density at radius 2 is 1.82 bits per heavy atom. The predicted molar refractivity (Wildman–Crippen MR) is 98.0 cm³/mol. The van der Waals surface area contributed by atoms with E-state index in [1.807, 2.05) is 13.8 Å². The van der Waals surface area contributed by atoms with Gasteiger partial charge < -0.3 is 20.1 Å². The third-order valence-electron chi connectivity index (χ3n) is 3.38. The number of halogens is 3. The van der Waals surface area contributed by atoms with Gasteiger partial charge >= 0.3 is 12.2 Å². The van der Waals surface area contributed by atoms with Crippen LogP contribution in [0.3, 0.4) is 0 Å². The average molecular weight is 397 g/mol. The molecule has 1 aromatic carbocycles. The van der Waals surface area contributed by atoms with E-state index in [-0.39, 0.29) is 19.3 Å². The standard InChI is InChI=1S/C19H22F3N3O3/c1-13(2)28-17-16(4-3-9-23-17)25-18(26)24-10-14-5-7-15(8-6-14)11-27-12-19(20,21)22/h3-9,13H,10-12H2,1-2H3,(H2,24,25,26). The number of alkyl halides is 3. The Morgan fingerprint density at radius 3 is 2.46 bits per heavy atom. The third-order valence-corrected chi connectivity index (χ3v) is 3.38. The van der Waals surface area contributed by atoms with Gasteiger partial charge in [0.1, 0.15) is 12.3 Å². The van der Waals surface area contributed by atoms with E-state index in [0.29, 0.717) is 17.1 Å². The molecule has 2 amide bonds. The fraction of sp³-hybridized carbons (Fsp3) is 0.368. The van der Waals surface area contributed by atoms with Crippen LogP contribution in [0.15, 0.2) is 42.6 Å². The van der Waals surface area contributed by atoms with Gasteiger partial charge in [-0.2, -0.15) is 13.2 Å². The molecule has 28 heavy (non-hydrogen) atoms. The zero-order valence-electron chi connectivity index (χ0n) is 15.5. The van der Waals surface area contributed by atoms with E-state index >= 15 is 0 Å². The molecule has 0 saturated carbocycles. The second-order valence-corrected chi connectivity index (χ2v) is 6.25. The first-order valence-electron chi connectivity index (χ1n) is 8.62.